The molecule has 0 aliphatic carbocycles. The highest BCUT2D eigenvalue weighted by Gasteiger charge is 2.16. The number of rotatable bonds is 6. The van der Waals surface area contributed by atoms with Crippen molar-refractivity contribution < 1.29 is 4.74 Å². The number of likely N-dealkylation sites (N-methyl/N-ethyl adjacent to an activating group) is 1. The molecule has 0 spiro atoms. The highest BCUT2D eigenvalue weighted by Crippen LogP contribution is 2.26. The van der Waals surface area contributed by atoms with E-state index in [1.165, 1.54) is 5.69 Å². The Balaban J connectivity index is 1.34. The first kappa shape index (κ1) is 21.1. The molecule has 0 atom stereocenters. The summed E-state index contributed by atoms with van der Waals surface area (Å²) in [4.78, 5) is 24.7. The van der Waals surface area contributed by atoms with Crippen molar-refractivity contribution >= 4 is 22.7 Å². The van der Waals surface area contributed by atoms with Gasteiger partial charge in [0.25, 0.3) is 0 Å². The number of anilines is 2. The zero-order valence-corrected chi connectivity index (χ0v) is 19.0. The van der Waals surface area contributed by atoms with E-state index in [-0.39, 0.29) is 0 Å². The molecule has 5 rings (SSSR count). The lowest BCUT2D eigenvalue weighted by atomic mass is 10.1. The number of aryl methyl sites for hydroxylation is 1. The number of hydrogen-bond acceptors (Lipinski definition) is 8. The number of imidazole rings is 1. The Morgan fingerprint density at radius 3 is 2.47 bits per heavy atom. The van der Waals surface area contributed by atoms with Crippen LogP contribution in [0.25, 0.3) is 22.6 Å². The minimum Gasteiger partial charge on any atom is -0.379 e. The van der Waals surface area contributed by atoms with Crippen LogP contribution in [0.5, 0.6) is 0 Å². The molecule has 2 N–H and O–H groups in total. The summed E-state index contributed by atoms with van der Waals surface area (Å²) >= 11 is 0. The van der Waals surface area contributed by atoms with Gasteiger partial charge in [0.15, 0.2) is 17.3 Å². The van der Waals surface area contributed by atoms with E-state index in [0.717, 1.165) is 88.3 Å². The van der Waals surface area contributed by atoms with Crippen molar-refractivity contribution in [3.05, 3.63) is 30.1 Å². The average molecular weight is 437 g/mol. The minimum atomic E-state index is 0.697. The second kappa shape index (κ2) is 9.40. The second-order valence-electron chi connectivity index (χ2n) is 8.63. The van der Waals surface area contributed by atoms with E-state index in [4.69, 9.17) is 14.7 Å². The number of aromatic nitrogens is 4. The van der Waals surface area contributed by atoms with Gasteiger partial charge in [-0.15, -0.1) is 0 Å². The maximum Gasteiger partial charge on any atom is 0.183 e. The van der Waals surface area contributed by atoms with Crippen LogP contribution in [0.3, 0.4) is 0 Å². The Kier molecular flexibility index (Phi) is 6.20. The largest absolute Gasteiger partial charge is 0.379 e. The molecule has 0 bridgehead atoms. The molecule has 170 valence electrons. The van der Waals surface area contributed by atoms with Crippen molar-refractivity contribution in [2.24, 2.45) is 0 Å². The van der Waals surface area contributed by atoms with E-state index in [1.807, 2.05) is 6.92 Å². The van der Waals surface area contributed by atoms with E-state index in [1.54, 1.807) is 0 Å². The lowest BCUT2D eigenvalue weighted by molar-refractivity contribution is 0.0398. The van der Waals surface area contributed by atoms with Gasteiger partial charge in [-0.25, -0.2) is 15.0 Å². The Hall–Kier alpha value is -2.75. The average Bonchev–Trinajstić information content (AvgIpc) is 3.21. The summed E-state index contributed by atoms with van der Waals surface area (Å²) in [7, 11) is 2.18. The lowest BCUT2D eigenvalue weighted by Gasteiger charge is -2.34. The molecule has 0 unspecified atom stereocenters. The molecule has 9 heteroatoms. The van der Waals surface area contributed by atoms with Crippen LogP contribution in [0.2, 0.25) is 0 Å². The highest BCUT2D eigenvalue weighted by molar-refractivity contribution is 5.85. The quantitative estimate of drug-likeness (QED) is 0.605. The monoisotopic (exact) mass is 436 g/mol. The first-order chi connectivity index (χ1) is 15.7. The standard InChI is InChI=1S/C23H32N8O/c1-17-25-20-22(24-7-8-30-13-15-32-16-14-30)27-21(28-23(20)26-17)18-3-5-19(6-4-18)31-11-9-29(2)10-12-31/h3-6H,7-16H2,1-2H3,(H2,24,25,26,27,28). The SMILES string of the molecule is Cc1nc2nc(-c3ccc(N4CCN(C)CC4)cc3)nc(NCCN3CCOCC3)c2[nH]1. The zero-order valence-electron chi connectivity index (χ0n) is 19.0. The van der Waals surface area contributed by atoms with Crippen molar-refractivity contribution in [1.82, 2.24) is 29.7 Å². The van der Waals surface area contributed by atoms with Crippen molar-refractivity contribution in [2.75, 3.05) is 82.8 Å². The minimum absolute atomic E-state index is 0.697. The topological polar surface area (TPSA) is 85.4 Å². The predicted octanol–water partition coefficient (Wildman–Crippen LogP) is 1.82. The Labute approximate surface area is 188 Å². The van der Waals surface area contributed by atoms with Crippen LogP contribution in [-0.2, 0) is 4.74 Å². The molecule has 0 amide bonds. The van der Waals surface area contributed by atoms with Gasteiger partial charge in [-0.1, -0.05) is 0 Å². The van der Waals surface area contributed by atoms with E-state index < -0.39 is 0 Å². The number of nitrogens with zero attached hydrogens (tertiary/aromatic N) is 6. The maximum absolute atomic E-state index is 5.44. The molecular formula is C23H32N8O. The fraction of sp³-hybridized carbons (Fsp3) is 0.522. The third-order valence-electron chi connectivity index (χ3n) is 6.29. The van der Waals surface area contributed by atoms with Crippen molar-refractivity contribution in [2.45, 2.75) is 6.92 Å². The number of piperazine rings is 1. The number of ether oxygens (including phenoxy) is 1. The number of morpholine rings is 1. The van der Waals surface area contributed by atoms with Crippen LogP contribution < -0.4 is 10.2 Å². The first-order valence-corrected chi connectivity index (χ1v) is 11.5. The van der Waals surface area contributed by atoms with Crippen LogP contribution in [0, 0.1) is 6.92 Å². The molecule has 0 saturated carbocycles. The summed E-state index contributed by atoms with van der Waals surface area (Å²) in [5.74, 6) is 2.35. The summed E-state index contributed by atoms with van der Waals surface area (Å²) in [6.45, 7) is 11.6. The summed E-state index contributed by atoms with van der Waals surface area (Å²) < 4.78 is 5.44. The third kappa shape index (κ3) is 4.69. The summed E-state index contributed by atoms with van der Waals surface area (Å²) in [6.07, 6.45) is 0. The van der Waals surface area contributed by atoms with Crippen molar-refractivity contribution in [3.63, 3.8) is 0 Å². The molecule has 9 nitrogen and oxygen atoms in total. The number of nitrogens with one attached hydrogen (secondary N) is 2. The van der Waals surface area contributed by atoms with Gasteiger partial charge < -0.3 is 24.8 Å². The van der Waals surface area contributed by atoms with Gasteiger partial charge in [-0.3, -0.25) is 4.90 Å². The Morgan fingerprint density at radius 1 is 0.969 bits per heavy atom. The molecule has 0 radical (unpaired) electrons. The molecule has 2 aliphatic heterocycles. The van der Waals surface area contributed by atoms with E-state index in [9.17, 15) is 0 Å². The summed E-state index contributed by atoms with van der Waals surface area (Å²) in [5.41, 5.74) is 3.82. The number of H-pyrrole nitrogens is 1. The molecule has 2 aromatic heterocycles. The molecule has 3 aromatic rings. The number of aromatic amines is 1. The normalized spacial score (nSPS) is 18.4. The van der Waals surface area contributed by atoms with Crippen LogP contribution in [0.1, 0.15) is 5.82 Å². The lowest BCUT2D eigenvalue weighted by Crippen LogP contribution is -2.44. The third-order valence-corrected chi connectivity index (χ3v) is 6.29. The van der Waals surface area contributed by atoms with Crippen molar-refractivity contribution in [1.29, 1.82) is 0 Å². The molecule has 2 fully saturated rings. The van der Waals surface area contributed by atoms with Gasteiger partial charge in [0.1, 0.15) is 11.3 Å². The van der Waals surface area contributed by atoms with Crippen LogP contribution in [-0.4, -0.2) is 102 Å². The van der Waals surface area contributed by atoms with E-state index in [2.05, 4.69) is 61.3 Å². The fourth-order valence-electron chi connectivity index (χ4n) is 4.31. The van der Waals surface area contributed by atoms with E-state index in [0.29, 0.717) is 11.5 Å². The van der Waals surface area contributed by atoms with Crippen LogP contribution in [0.4, 0.5) is 11.5 Å². The van der Waals surface area contributed by atoms with Gasteiger partial charge in [0.05, 0.1) is 13.2 Å². The van der Waals surface area contributed by atoms with Gasteiger partial charge in [0, 0.05) is 63.6 Å². The number of benzene rings is 1. The first-order valence-electron chi connectivity index (χ1n) is 11.5. The smallest absolute Gasteiger partial charge is 0.183 e. The predicted molar refractivity (Wildman–Crippen MR) is 127 cm³/mol. The van der Waals surface area contributed by atoms with Gasteiger partial charge in [-0.05, 0) is 38.2 Å². The molecule has 4 heterocycles. The fourth-order valence-corrected chi connectivity index (χ4v) is 4.31. The highest BCUT2D eigenvalue weighted by atomic mass is 16.5. The summed E-state index contributed by atoms with van der Waals surface area (Å²) in [5, 5.41) is 3.51. The molecule has 2 aliphatic rings. The van der Waals surface area contributed by atoms with Gasteiger partial charge in [0.2, 0.25) is 0 Å². The van der Waals surface area contributed by atoms with Gasteiger partial charge >= 0.3 is 0 Å². The van der Waals surface area contributed by atoms with Gasteiger partial charge in [-0.2, -0.15) is 0 Å². The molecule has 32 heavy (non-hydrogen) atoms. The van der Waals surface area contributed by atoms with Crippen LogP contribution in [0.15, 0.2) is 24.3 Å². The molecular weight excluding hydrogens is 404 g/mol. The summed E-state index contributed by atoms with van der Waals surface area (Å²) in [6, 6.07) is 8.59. The number of fused-ring (bicyclic) bond motifs is 1. The zero-order chi connectivity index (χ0) is 21.9. The second-order valence-corrected chi connectivity index (χ2v) is 8.63. The maximum atomic E-state index is 5.44. The Bertz CT molecular complexity index is 1040. The van der Waals surface area contributed by atoms with Crippen molar-refractivity contribution in [3.8, 4) is 11.4 Å². The number of hydrogen-bond donors (Lipinski definition) is 2. The Morgan fingerprint density at radius 2 is 1.72 bits per heavy atom. The van der Waals surface area contributed by atoms with E-state index >= 15 is 0 Å². The van der Waals surface area contributed by atoms with Crippen LogP contribution >= 0.6 is 0 Å². The molecule has 1 aromatic carbocycles. The molecule has 2 saturated heterocycles.